The molecule has 1 aliphatic heterocycles. The first-order valence-corrected chi connectivity index (χ1v) is 6.42. The van der Waals surface area contributed by atoms with Gasteiger partial charge in [0.1, 0.15) is 0 Å². The van der Waals surface area contributed by atoms with Gasteiger partial charge in [0.05, 0.1) is 10.4 Å². The van der Waals surface area contributed by atoms with E-state index < -0.39 is 0 Å². The second-order valence-corrected chi connectivity index (χ2v) is 6.03. The van der Waals surface area contributed by atoms with Crippen LogP contribution >= 0.6 is 27.3 Å². The molecule has 2 heterocycles. The van der Waals surface area contributed by atoms with E-state index in [1.807, 2.05) is 7.05 Å². The Morgan fingerprint density at radius 1 is 1.64 bits per heavy atom. The zero-order chi connectivity index (χ0) is 9.97. The molecule has 1 aromatic rings. The Balaban J connectivity index is 2.12. The molecular formula is C10H14BrNOS. The Morgan fingerprint density at radius 3 is 3.00 bits per heavy atom. The number of ether oxygens (including phenoxy) is 1. The molecule has 2 atom stereocenters. The smallest absolute Gasteiger partial charge is 0.0701 e. The summed E-state index contributed by atoms with van der Waals surface area (Å²) >= 11 is 5.30. The Labute approximate surface area is 96.8 Å². The third kappa shape index (κ3) is 2.19. The van der Waals surface area contributed by atoms with Crippen LogP contribution in [0.15, 0.2) is 15.9 Å². The van der Waals surface area contributed by atoms with E-state index >= 15 is 0 Å². The highest BCUT2D eigenvalue weighted by Gasteiger charge is 2.26. The molecule has 1 aromatic heterocycles. The minimum absolute atomic E-state index is 0.453. The largest absolute Gasteiger partial charge is 0.381 e. The lowest BCUT2D eigenvalue weighted by Crippen LogP contribution is -2.24. The molecule has 4 heteroatoms. The molecule has 0 aliphatic carbocycles. The van der Waals surface area contributed by atoms with Gasteiger partial charge < -0.3 is 10.1 Å². The van der Waals surface area contributed by atoms with Crippen molar-refractivity contribution in [3.63, 3.8) is 0 Å². The van der Waals surface area contributed by atoms with Gasteiger partial charge in [0.15, 0.2) is 0 Å². The summed E-state index contributed by atoms with van der Waals surface area (Å²) in [6.07, 6.45) is 1.17. The normalized spacial score (nSPS) is 24.0. The molecule has 0 aromatic carbocycles. The van der Waals surface area contributed by atoms with E-state index in [1.54, 1.807) is 11.3 Å². The molecule has 2 rings (SSSR count). The van der Waals surface area contributed by atoms with Crippen molar-refractivity contribution in [3.05, 3.63) is 20.8 Å². The Kier molecular flexibility index (Phi) is 3.60. The number of hydrogen-bond donors (Lipinski definition) is 1. The molecule has 2 nitrogen and oxygen atoms in total. The number of hydrogen-bond acceptors (Lipinski definition) is 3. The summed E-state index contributed by atoms with van der Waals surface area (Å²) in [7, 11) is 2.02. The molecule has 78 valence electrons. The molecule has 0 radical (unpaired) electrons. The summed E-state index contributed by atoms with van der Waals surface area (Å²) < 4.78 is 6.62. The Morgan fingerprint density at radius 2 is 2.50 bits per heavy atom. The van der Waals surface area contributed by atoms with Gasteiger partial charge in [0.2, 0.25) is 0 Å². The molecule has 1 aliphatic rings. The van der Waals surface area contributed by atoms with Crippen molar-refractivity contribution in [2.75, 3.05) is 20.3 Å². The number of rotatable bonds is 3. The predicted octanol–water partition coefficient (Wildman–Crippen LogP) is 2.81. The summed E-state index contributed by atoms with van der Waals surface area (Å²) in [5.41, 5.74) is 0. The summed E-state index contributed by atoms with van der Waals surface area (Å²) in [4.78, 5) is 1.40. The van der Waals surface area contributed by atoms with Crippen LogP contribution in [-0.2, 0) is 4.74 Å². The Hall–Kier alpha value is 0.1000. The van der Waals surface area contributed by atoms with Crippen LogP contribution in [-0.4, -0.2) is 20.3 Å². The topological polar surface area (TPSA) is 21.3 Å². The maximum atomic E-state index is 5.42. The van der Waals surface area contributed by atoms with E-state index in [0.29, 0.717) is 12.0 Å². The molecule has 2 unspecified atom stereocenters. The SMILES string of the molecule is CNC(c1ccc(Br)s1)C1CCOC1. The van der Waals surface area contributed by atoms with Crippen LogP contribution in [0, 0.1) is 5.92 Å². The summed E-state index contributed by atoms with van der Waals surface area (Å²) in [6, 6.07) is 4.75. The predicted molar refractivity (Wildman–Crippen MR) is 62.7 cm³/mol. The minimum atomic E-state index is 0.453. The molecule has 0 saturated carbocycles. The fourth-order valence-corrected chi connectivity index (χ4v) is 3.55. The van der Waals surface area contributed by atoms with Gasteiger partial charge in [-0.2, -0.15) is 0 Å². The molecule has 0 spiro atoms. The first-order valence-electron chi connectivity index (χ1n) is 4.81. The van der Waals surface area contributed by atoms with Crippen LogP contribution < -0.4 is 5.32 Å². The van der Waals surface area contributed by atoms with Crippen molar-refractivity contribution in [2.24, 2.45) is 5.92 Å². The van der Waals surface area contributed by atoms with Crippen molar-refractivity contribution < 1.29 is 4.74 Å². The van der Waals surface area contributed by atoms with E-state index in [1.165, 1.54) is 15.1 Å². The molecule has 1 saturated heterocycles. The van der Waals surface area contributed by atoms with Gasteiger partial charge in [-0.3, -0.25) is 0 Å². The van der Waals surface area contributed by atoms with E-state index in [9.17, 15) is 0 Å². The van der Waals surface area contributed by atoms with Crippen molar-refractivity contribution in [3.8, 4) is 0 Å². The second kappa shape index (κ2) is 4.75. The minimum Gasteiger partial charge on any atom is -0.381 e. The van der Waals surface area contributed by atoms with Crippen LogP contribution in [0.5, 0.6) is 0 Å². The lowest BCUT2D eigenvalue weighted by molar-refractivity contribution is 0.178. The number of thiophene rings is 1. The summed E-state index contributed by atoms with van der Waals surface area (Å²) in [6.45, 7) is 1.80. The lowest BCUT2D eigenvalue weighted by Gasteiger charge is -2.20. The quantitative estimate of drug-likeness (QED) is 0.916. The maximum absolute atomic E-state index is 5.42. The van der Waals surface area contributed by atoms with Gasteiger partial charge in [0, 0.05) is 23.4 Å². The standard InChI is InChI=1S/C10H14BrNOS/c1-12-10(7-4-5-13-6-7)8-2-3-9(11)14-8/h2-3,7,10,12H,4-6H2,1H3. The fraction of sp³-hybridized carbons (Fsp3) is 0.600. The number of halogens is 1. The zero-order valence-electron chi connectivity index (χ0n) is 8.13. The van der Waals surface area contributed by atoms with E-state index in [0.717, 1.165) is 13.2 Å². The molecule has 1 fully saturated rings. The van der Waals surface area contributed by atoms with Gasteiger partial charge in [-0.15, -0.1) is 11.3 Å². The summed E-state index contributed by atoms with van der Waals surface area (Å²) in [5.74, 6) is 0.630. The van der Waals surface area contributed by atoms with Gasteiger partial charge in [-0.25, -0.2) is 0 Å². The fourth-order valence-electron chi connectivity index (χ4n) is 1.92. The van der Waals surface area contributed by atoms with E-state index in [-0.39, 0.29) is 0 Å². The molecule has 14 heavy (non-hydrogen) atoms. The third-order valence-electron chi connectivity index (χ3n) is 2.65. The average molecular weight is 276 g/mol. The van der Waals surface area contributed by atoms with E-state index in [2.05, 4.69) is 33.4 Å². The van der Waals surface area contributed by atoms with Crippen LogP contribution in [0.25, 0.3) is 0 Å². The summed E-state index contributed by atoms with van der Waals surface area (Å²) in [5, 5.41) is 3.38. The first-order chi connectivity index (χ1) is 6.81. The highest BCUT2D eigenvalue weighted by atomic mass is 79.9. The van der Waals surface area contributed by atoms with Gasteiger partial charge in [-0.05, 0) is 41.5 Å². The van der Waals surface area contributed by atoms with Crippen LogP contribution in [0.3, 0.4) is 0 Å². The number of nitrogens with one attached hydrogen (secondary N) is 1. The lowest BCUT2D eigenvalue weighted by atomic mass is 9.98. The molecule has 1 N–H and O–H groups in total. The Bertz CT molecular complexity index is 296. The van der Waals surface area contributed by atoms with Gasteiger partial charge >= 0.3 is 0 Å². The van der Waals surface area contributed by atoms with Crippen LogP contribution in [0.4, 0.5) is 0 Å². The van der Waals surface area contributed by atoms with Crippen molar-refractivity contribution in [1.82, 2.24) is 5.32 Å². The van der Waals surface area contributed by atoms with Crippen molar-refractivity contribution >= 4 is 27.3 Å². The van der Waals surface area contributed by atoms with Gasteiger partial charge in [-0.1, -0.05) is 0 Å². The highest BCUT2D eigenvalue weighted by molar-refractivity contribution is 9.11. The van der Waals surface area contributed by atoms with Crippen molar-refractivity contribution in [1.29, 1.82) is 0 Å². The third-order valence-corrected chi connectivity index (χ3v) is 4.35. The molecule has 0 bridgehead atoms. The van der Waals surface area contributed by atoms with E-state index in [4.69, 9.17) is 4.74 Å². The van der Waals surface area contributed by atoms with Crippen LogP contribution in [0.1, 0.15) is 17.3 Å². The monoisotopic (exact) mass is 275 g/mol. The highest BCUT2D eigenvalue weighted by Crippen LogP contribution is 2.34. The first kappa shape index (κ1) is 10.6. The zero-order valence-corrected chi connectivity index (χ0v) is 10.5. The average Bonchev–Trinajstić information content (AvgIpc) is 2.79. The molecular weight excluding hydrogens is 262 g/mol. The van der Waals surface area contributed by atoms with Gasteiger partial charge in [0.25, 0.3) is 0 Å². The molecule has 0 amide bonds. The maximum Gasteiger partial charge on any atom is 0.0701 e. The second-order valence-electron chi connectivity index (χ2n) is 3.53. The van der Waals surface area contributed by atoms with Crippen molar-refractivity contribution in [2.45, 2.75) is 12.5 Å². The van der Waals surface area contributed by atoms with Crippen LogP contribution in [0.2, 0.25) is 0 Å².